The molecule has 0 saturated heterocycles. The van der Waals surface area contributed by atoms with Crippen molar-refractivity contribution < 1.29 is 4.79 Å². The van der Waals surface area contributed by atoms with Crippen molar-refractivity contribution in [2.24, 2.45) is 5.73 Å². The van der Waals surface area contributed by atoms with Crippen molar-refractivity contribution in [1.29, 1.82) is 0 Å². The third-order valence-corrected chi connectivity index (χ3v) is 2.87. The van der Waals surface area contributed by atoms with E-state index in [4.69, 9.17) is 5.73 Å². The monoisotopic (exact) mass is 254 g/mol. The summed E-state index contributed by atoms with van der Waals surface area (Å²) in [5.74, 6) is -0.288. The SMILES string of the molecule is NC(=O)C[CH]CCc1ccncc1-c1ccncc1. The van der Waals surface area contributed by atoms with E-state index in [0.29, 0.717) is 6.42 Å². The Morgan fingerprint density at radius 1 is 1.16 bits per heavy atom. The molecule has 2 aromatic rings. The van der Waals surface area contributed by atoms with Gasteiger partial charge >= 0.3 is 0 Å². The molecule has 2 aromatic heterocycles. The Hall–Kier alpha value is -2.23. The van der Waals surface area contributed by atoms with Crippen molar-refractivity contribution in [2.45, 2.75) is 19.3 Å². The predicted octanol–water partition coefficient (Wildman–Crippen LogP) is 2.16. The quantitative estimate of drug-likeness (QED) is 0.803. The van der Waals surface area contributed by atoms with Gasteiger partial charge in [0.25, 0.3) is 0 Å². The lowest BCUT2D eigenvalue weighted by molar-refractivity contribution is -0.117. The van der Waals surface area contributed by atoms with Crippen LogP contribution in [-0.2, 0) is 11.2 Å². The molecule has 1 amide bonds. The lowest BCUT2D eigenvalue weighted by Crippen LogP contribution is -2.10. The first-order valence-corrected chi connectivity index (χ1v) is 6.20. The zero-order valence-corrected chi connectivity index (χ0v) is 10.6. The second-order valence-corrected chi connectivity index (χ2v) is 4.27. The molecule has 2 rings (SSSR count). The summed E-state index contributed by atoms with van der Waals surface area (Å²) < 4.78 is 0. The smallest absolute Gasteiger partial charge is 0.217 e. The van der Waals surface area contributed by atoms with Crippen molar-refractivity contribution in [2.75, 3.05) is 0 Å². The lowest BCUT2D eigenvalue weighted by atomic mass is 9.98. The minimum Gasteiger partial charge on any atom is -0.370 e. The van der Waals surface area contributed by atoms with E-state index in [0.717, 1.165) is 24.0 Å². The number of unbranched alkanes of at least 4 members (excludes halogenated alkanes) is 1. The van der Waals surface area contributed by atoms with Gasteiger partial charge in [-0.25, -0.2) is 0 Å². The van der Waals surface area contributed by atoms with E-state index < -0.39 is 0 Å². The van der Waals surface area contributed by atoms with Crippen LogP contribution in [0.3, 0.4) is 0 Å². The summed E-state index contributed by atoms with van der Waals surface area (Å²) in [5.41, 5.74) is 8.53. The summed E-state index contributed by atoms with van der Waals surface area (Å²) in [7, 11) is 0. The van der Waals surface area contributed by atoms with Crippen molar-refractivity contribution >= 4 is 5.91 Å². The van der Waals surface area contributed by atoms with Crippen LogP contribution in [-0.4, -0.2) is 15.9 Å². The van der Waals surface area contributed by atoms with Crippen molar-refractivity contribution in [3.05, 3.63) is 55.0 Å². The van der Waals surface area contributed by atoms with Crippen LogP contribution in [0.1, 0.15) is 18.4 Å². The Balaban J connectivity index is 2.07. The maximum Gasteiger partial charge on any atom is 0.217 e. The number of aryl methyl sites for hydroxylation is 1. The molecular weight excluding hydrogens is 238 g/mol. The van der Waals surface area contributed by atoms with Crippen molar-refractivity contribution in [3.8, 4) is 11.1 Å². The summed E-state index contributed by atoms with van der Waals surface area (Å²) in [6.45, 7) is 0. The number of primary amides is 1. The minimum atomic E-state index is -0.288. The average molecular weight is 254 g/mol. The van der Waals surface area contributed by atoms with E-state index in [9.17, 15) is 4.79 Å². The van der Waals surface area contributed by atoms with Gasteiger partial charge in [0.15, 0.2) is 0 Å². The zero-order valence-electron chi connectivity index (χ0n) is 10.6. The fourth-order valence-corrected chi connectivity index (χ4v) is 1.93. The van der Waals surface area contributed by atoms with Crippen molar-refractivity contribution in [1.82, 2.24) is 9.97 Å². The second kappa shape index (κ2) is 6.64. The van der Waals surface area contributed by atoms with Gasteiger partial charge in [-0.3, -0.25) is 14.8 Å². The summed E-state index contributed by atoms with van der Waals surface area (Å²) in [6.07, 6.45) is 11.1. The molecule has 1 radical (unpaired) electrons. The van der Waals surface area contributed by atoms with Crippen LogP contribution in [0.2, 0.25) is 0 Å². The summed E-state index contributed by atoms with van der Waals surface area (Å²) in [4.78, 5) is 18.9. The Morgan fingerprint density at radius 2 is 1.89 bits per heavy atom. The highest BCUT2D eigenvalue weighted by molar-refractivity contribution is 5.74. The molecule has 2 heterocycles. The van der Waals surface area contributed by atoms with E-state index in [1.807, 2.05) is 30.8 Å². The molecule has 0 aliphatic rings. The molecule has 0 atom stereocenters. The Kier molecular flexibility index (Phi) is 4.61. The fourth-order valence-electron chi connectivity index (χ4n) is 1.93. The third-order valence-electron chi connectivity index (χ3n) is 2.87. The standard InChI is InChI=1S/C15H16N3O/c16-15(19)4-2-1-3-12-7-10-18-11-14(12)13-5-8-17-9-6-13/h2,5-11H,1,3-4H2,(H2,16,19). The van der Waals surface area contributed by atoms with Gasteiger partial charge in [-0.15, -0.1) is 0 Å². The molecule has 0 fully saturated rings. The number of rotatable bonds is 6. The van der Waals surface area contributed by atoms with Crippen LogP contribution in [0.15, 0.2) is 43.0 Å². The first-order chi connectivity index (χ1) is 9.27. The van der Waals surface area contributed by atoms with Gasteiger partial charge in [-0.2, -0.15) is 0 Å². The Bertz CT molecular complexity index is 540. The first-order valence-electron chi connectivity index (χ1n) is 6.20. The lowest BCUT2D eigenvalue weighted by Gasteiger charge is -2.08. The van der Waals surface area contributed by atoms with Crippen LogP contribution in [0.25, 0.3) is 11.1 Å². The summed E-state index contributed by atoms with van der Waals surface area (Å²) in [5, 5.41) is 0. The highest BCUT2D eigenvalue weighted by Gasteiger charge is 2.05. The highest BCUT2D eigenvalue weighted by atomic mass is 16.1. The van der Waals surface area contributed by atoms with Crippen LogP contribution in [0.4, 0.5) is 0 Å². The van der Waals surface area contributed by atoms with E-state index in [1.165, 1.54) is 5.56 Å². The molecule has 97 valence electrons. The molecule has 0 unspecified atom stereocenters. The maximum atomic E-state index is 10.7. The van der Waals surface area contributed by atoms with E-state index in [-0.39, 0.29) is 5.91 Å². The number of nitrogens with two attached hydrogens (primary N) is 1. The third kappa shape index (κ3) is 3.88. The molecule has 0 aromatic carbocycles. The molecule has 2 N–H and O–H groups in total. The molecule has 0 bridgehead atoms. The Morgan fingerprint density at radius 3 is 2.63 bits per heavy atom. The van der Waals surface area contributed by atoms with Gasteiger partial charge in [0.05, 0.1) is 0 Å². The number of hydrogen-bond donors (Lipinski definition) is 1. The van der Waals surface area contributed by atoms with Gasteiger partial charge in [-0.05, 0) is 48.6 Å². The van der Waals surface area contributed by atoms with E-state index in [1.54, 1.807) is 18.6 Å². The molecule has 0 saturated carbocycles. The fraction of sp³-hybridized carbons (Fsp3) is 0.200. The largest absolute Gasteiger partial charge is 0.370 e. The number of pyridine rings is 2. The molecular formula is C15H16N3O. The molecule has 4 heteroatoms. The number of carbonyl (C=O) groups excluding carboxylic acids is 1. The average Bonchev–Trinajstić information content (AvgIpc) is 2.45. The maximum absolute atomic E-state index is 10.7. The number of carbonyl (C=O) groups is 1. The van der Waals surface area contributed by atoms with Gasteiger partial charge in [0.1, 0.15) is 0 Å². The Labute approximate surface area is 112 Å². The van der Waals surface area contributed by atoms with Gasteiger partial charge in [0.2, 0.25) is 5.91 Å². The molecule has 0 aliphatic heterocycles. The molecule has 0 aliphatic carbocycles. The molecule has 19 heavy (non-hydrogen) atoms. The number of hydrogen-bond acceptors (Lipinski definition) is 3. The summed E-state index contributed by atoms with van der Waals surface area (Å²) >= 11 is 0. The molecule has 4 nitrogen and oxygen atoms in total. The minimum absolute atomic E-state index is 0.288. The van der Waals surface area contributed by atoms with E-state index in [2.05, 4.69) is 9.97 Å². The van der Waals surface area contributed by atoms with Crippen LogP contribution in [0, 0.1) is 6.42 Å². The number of nitrogens with zero attached hydrogens (tertiary/aromatic N) is 2. The first kappa shape index (κ1) is 13.2. The topological polar surface area (TPSA) is 68.9 Å². The van der Waals surface area contributed by atoms with Gasteiger partial charge in [-0.1, -0.05) is 0 Å². The van der Waals surface area contributed by atoms with E-state index >= 15 is 0 Å². The van der Waals surface area contributed by atoms with Gasteiger partial charge in [0, 0.05) is 36.8 Å². The van der Waals surface area contributed by atoms with Crippen LogP contribution >= 0.6 is 0 Å². The van der Waals surface area contributed by atoms with Crippen LogP contribution < -0.4 is 5.73 Å². The second-order valence-electron chi connectivity index (χ2n) is 4.27. The van der Waals surface area contributed by atoms with Crippen LogP contribution in [0.5, 0.6) is 0 Å². The number of aromatic nitrogens is 2. The highest BCUT2D eigenvalue weighted by Crippen LogP contribution is 2.23. The van der Waals surface area contributed by atoms with Gasteiger partial charge < -0.3 is 5.73 Å². The number of amides is 1. The van der Waals surface area contributed by atoms with Crippen molar-refractivity contribution in [3.63, 3.8) is 0 Å². The summed E-state index contributed by atoms with van der Waals surface area (Å²) in [6, 6.07) is 5.94. The molecule has 0 spiro atoms. The predicted molar refractivity (Wildman–Crippen MR) is 73.9 cm³/mol. The normalized spacial score (nSPS) is 10.3. The zero-order chi connectivity index (χ0) is 13.5.